The molecule has 1 aliphatic heterocycles. The molecule has 0 radical (unpaired) electrons. The predicted octanol–water partition coefficient (Wildman–Crippen LogP) is 2.40. The molecular weight excluding hydrogens is 267 g/mol. The Hall–Kier alpha value is -1.86. The number of halogens is 1. The van der Waals surface area contributed by atoms with Gasteiger partial charge in [-0.25, -0.2) is 4.39 Å². The zero-order valence-corrected chi connectivity index (χ0v) is 12.5. The van der Waals surface area contributed by atoms with E-state index in [4.69, 9.17) is 5.73 Å². The van der Waals surface area contributed by atoms with Crippen molar-refractivity contribution >= 4 is 5.91 Å². The number of benzene rings is 1. The summed E-state index contributed by atoms with van der Waals surface area (Å²) in [6.07, 6.45) is 1.96. The summed E-state index contributed by atoms with van der Waals surface area (Å²) < 4.78 is 14.0. The second-order valence-corrected chi connectivity index (χ2v) is 5.65. The molecule has 4 heteroatoms. The van der Waals surface area contributed by atoms with Gasteiger partial charge in [0.15, 0.2) is 0 Å². The van der Waals surface area contributed by atoms with Crippen LogP contribution >= 0.6 is 0 Å². The fraction of sp³-hybridized carbons (Fsp3) is 0.471. The number of hydrogen-bond acceptors (Lipinski definition) is 2. The van der Waals surface area contributed by atoms with E-state index in [2.05, 4.69) is 25.7 Å². The van der Waals surface area contributed by atoms with E-state index in [1.54, 1.807) is 11.0 Å². The SMILES string of the molecule is CC(C)C1CCCN1C(=O)c1cc(C#CCN)ccc1F. The molecule has 1 aliphatic rings. The Morgan fingerprint density at radius 1 is 1.52 bits per heavy atom. The average Bonchev–Trinajstić information content (AvgIpc) is 2.95. The number of rotatable bonds is 2. The van der Waals surface area contributed by atoms with Crippen molar-refractivity contribution in [2.24, 2.45) is 11.7 Å². The number of carbonyl (C=O) groups excluding carboxylic acids is 1. The van der Waals surface area contributed by atoms with Gasteiger partial charge in [0.1, 0.15) is 5.82 Å². The Morgan fingerprint density at radius 2 is 2.29 bits per heavy atom. The third-order valence-electron chi connectivity index (χ3n) is 3.86. The van der Waals surface area contributed by atoms with Gasteiger partial charge in [-0.3, -0.25) is 4.79 Å². The highest BCUT2D eigenvalue weighted by Gasteiger charge is 2.32. The molecular formula is C17H21FN2O. The predicted molar refractivity (Wildman–Crippen MR) is 81.2 cm³/mol. The zero-order chi connectivity index (χ0) is 15.4. The highest BCUT2D eigenvalue weighted by molar-refractivity contribution is 5.95. The maximum Gasteiger partial charge on any atom is 0.257 e. The molecule has 3 nitrogen and oxygen atoms in total. The van der Waals surface area contributed by atoms with Crippen LogP contribution in [0, 0.1) is 23.6 Å². The smallest absolute Gasteiger partial charge is 0.257 e. The monoisotopic (exact) mass is 288 g/mol. The molecule has 1 atom stereocenters. The van der Waals surface area contributed by atoms with Gasteiger partial charge in [0.25, 0.3) is 5.91 Å². The van der Waals surface area contributed by atoms with Crippen LogP contribution in [-0.4, -0.2) is 29.9 Å². The van der Waals surface area contributed by atoms with E-state index >= 15 is 0 Å². The quantitative estimate of drug-likeness (QED) is 0.849. The lowest BCUT2D eigenvalue weighted by Crippen LogP contribution is -2.38. The van der Waals surface area contributed by atoms with Crippen molar-refractivity contribution in [1.29, 1.82) is 0 Å². The summed E-state index contributed by atoms with van der Waals surface area (Å²) >= 11 is 0. The van der Waals surface area contributed by atoms with Crippen LogP contribution in [0.2, 0.25) is 0 Å². The van der Waals surface area contributed by atoms with E-state index in [1.165, 1.54) is 12.1 Å². The van der Waals surface area contributed by atoms with Crippen LogP contribution in [0.5, 0.6) is 0 Å². The summed E-state index contributed by atoms with van der Waals surface area (Å²) in [5.41, 5.74) is 6.05. The number of hydrogen-bond donors (Lipinski definition) is 1. The first-order valence-electron chi connectivity index (χ1n) is 7.34. The Kier molecular flexibility index (Phi) is 4.98. The highest BCUT2D eigenvalue weighted by Crippen LogP contribution is 2.26. The Morgan fingerprint density at radius 3 is 2.95 bits per heavy atom. The van der Waals surface area contributed by atoms with E-state index in [9.17, 15) is 9.18 Å². The standard InChI is InChI=1S/C17H21FN2O/c1-12(2)16-6-4-10-20(16)17(21)14-11-13(5-3-9-19)7-8-15(14)18/h7-8,11-12,16H,4,6,9-10,19H2,1-2H3. The van der Waals surface area contributed by atoms with Crippen molar-refractivity contribution in [1.82, 2.24) is 4.90 Å². The van der Waals surface area contributed by atoms with Crippen molar-refractivity contribution in [3.63, 3.8) is 0 Å². The second-order valence-electron chi connectivity index (χ2n) is 5.65. The van der Waals surface area contributed by atoms with Gasteiger partial charge in [-0.05, 0) is 37.0 Å². The van der Waals surface area contributed by atoms with Gasteiger partial charge in [-0.2, -0.15) is 0 Å². The number of amides is 1. The van der Waals surface area contributed by atoms with Crippen molar-refractivity contribution in [3.8, 4) is 11.8 Å². The van der Waals surface area contributed by atoms with E-state index in [0.29, 0.717) is 18.0 Å². The van der Waals surface area contributed by atoms with Crippen LogP contribution in [-0.2, 0) is 0 Å². The number of likely N-dealkylation sites (tertiary alicyclic amines) is 1. The van der Waals surface area contributed by atoms with E-state index in [0.717, 1.165) is 12.8 Å². The normalized spacial score (nSPS) is 17.8. The van der Waals surface area contributed by atoms with E-state index in [1.807, 2.05) is 0 Å². The molecule has 0 aromatic heterocycles. The number of nitrogens with zero attached hydrogens (tertiary/aromatic N) is 1. The Balaban J connectivity index is 2.30. The van der Waals surface area contributed by atoms with E-state index < -0.39 is 5.82 Å². The lowest BCUT2D eigenvalue weighted by atomic mass is 10.0. The first-order valence-corrected chi connectivity index (χ1v) is 7.34. The molecule has 1 fully saturated rings. The molecule has 2 rings (SSSR count). The fourth-order valence-electron chi connectivity index (χ4n) is 2.81. The third-order valence-corrected chi connectivity index (χ3v) is 3.86. The van der Waals surface area contributed by atoms with Crippen LogP contribution in [0.15, 0.2) is 18.2 Å². The molecule has 0 aliphatic carbocycles. The minimum atomic E-state index is -0.493. The third kappa shape index (κ3) is 3.43. The molecule has 21 heavy (non-hydrogen) atoms. The Labute approximate surface area is 125 Å². The zero-order valence-electron chi connectivity index (χ0n) is 12.5. The molecule has 1 aromatic carbocycles. The lowest BCUT2D eigenvalue weighted by Gasteiger charge is -2.28. The number of carbonyl (C=O) groups is 1. The summed E-state index contributed by atoms with van der Waals surface area (Å²) in [4.78, 5) is 14.4. The summed E-state index contributed by atoms with van der Waals surface area (Å²) in [6, 6.07) is 4.58. The minimum Gasteiger partial charge on any atom is -0.335 e. The molecule has 2 N–H and O–H groups in total. The van der Waals surface area contributed by atoms with Gasteiger partial charge in [0.05, 0.1) is 12.1 Å². The molecule has 1 saturated heterocycles. The topological polar surface area (TPSA) is 46.3 Å². The van der Waals surface area contributed by atoms with E-state index in [-0.39, 0.29) is 24.1 Å². The van der Waals surface area contributed by atoms with Gasteiger partial charge in [-0.1, -0.05) is 25.7 Å². The van der Waals surface area contributed by atoms with Crippen LogP contribution in [0.3, 0.4) is 0 Å². The summed E-state index contributed by atoms with van der Waals surface area (Å²) in [5.74, 6) is 5.20. The van der Waals surface area contributed by atoms with Crippen molar-refractivity contribution < 1.29 is 9.18 Å². The van der Waals surface area contributed by atoms with Gasteiger partial charge in [0, 0.05) is 18.2 Å². The molecule has 0 bridgehead atoms. The highest BCUT2D eigenvalue weighted by atomic mass is 19.1. The molecule has 112 valence electrons. The lowest BCUT2D eigenvalue weighted by molar-refractivity contribution is 0.0697. The molecule has 1 unspecified atom stereocenters. The summed E-state index contributed by atoms with van der Waals surface area (Å²) in [5, 5.41) is 0. The first-order chi connectivity index (χ1) is 10.0. The first kappa shape index (κ1) is 15.5. The maximum absolute atomic E-state index is 14.0. The van der Waals surface area contributed by atoms with Gasteiger partial charge < -0.3 is 10.6 Å². The van der Waals surface area contributed by atoms with Crippen LogP contribution in [0.1, 0.15) is 42.6 Å². The van der Waals surface area contributed by atoms with Crippen LogP contribution in [0.4, 0.5) is 4.39 Å². The van der Waals surface area contributed by atoms with Crippen molar-refractivity contribution in [3.05, 3.63) is 35.1 Å². The number of nitrogens with two attached hydrogens (primary N) is 1. The largest absolute Gasteiger partial charge is 0.335 e. The molecule has 0 saturated carbocycles. The molecule has 1 amide bonds. The van der Waals surface area contributed by atoms with Crippen LogP contribution < -0.4 is 5.73 Å². The molecule has 1 aromatic rings. The maximum atomic E-state index is 14.0. The van der Waals surface area contributed by atoms with Crippen molar-refractivity contribution in [2.75, 3.05) is 13.1 Å². The second kappa shape index (κ2) is 6.73. The summed E-state index contributed by atoms with van der Waals surface area (Å²) in [6.45, 7) is 5.12. The van der Waals surface area contributed by atoms with Crippen LogP contribution in [0.25, 0.3) is 0 Å². The fourth-order valence-corrected chi connectivity index (χ4v) is 2.81. The Bertz CT molecular complexity index is 586. The van der Waals surface area contributed by atoms with Crippen molar-refractivity contribution in [2.45, 2.75) is 32.7 Å². The molecule has 0 spiro atoms. The van der Waals surface area contributed by atoms with Gasteiger partial charge in [-0.15, -0.1) is 0 Å². The molecule has 1 heterocycles. The average molecular weight is 288 g/mol. The minimum absolute atomic E-state index is 0.103. The van der Waals surface area contributed by atoms with Gasteiger partial charge >= 0.3 is 0 Å². The summed E-state index contributed by atoms with van der Waals surface area (Å²) in [7, 11) is 0. The van der Waals surface area contributed by atoms with Gasteiger partial charge in [0.2, 0.25) is 0 Å².